The predicted molar refractivity (Wildman–Crippen MR) is 69.1 cm³/mol. The number of rotatable bonds is 1. The number of nitrogens with zero attached hydrogens (tertiary/aromatic N) is 2. The van der Waals surface area contributed by atoms with Gasteiger partial charge in [-0.15, -0.1) is 0 Å². The summed E-state index contributed by atoms with van der Waals surface area (Å²) in [5.41, 5.74) is 9.33. The molecule has 2 aromatic rings. The Morgan fingerprint density at radius 2 is 1.89 bits per heavy atom. The maximum absolute atomic E-state index is 13.6. The van der Waals surface area contributed by atoms with Gasteiger partial charge in [-0.05, 0) is 38.5 Å². The molecule has 1 heterocycles. The summed E-state index contributed by atoms with van der Waals surface area (Å²) in [5.74, 6) is 0.0809. The van der Waals surface area contributed by atoms with Crippen LogP contribution in [0.3, 0.4) is 0 Å². The molecule has 0 aliphatic carbocycles. The van der Waals surface area contributed by atoms with Crippen molar-refractivity contribution >= 4 is 5.82 Å². The first-order chi connectivity index (χ1) is 8.49. The van der Waals surface area contributed by atoms with Crippen LogP contribution in [-0.2, 0) is 0 Å². The molecule has 0 radical (unpaired) electrons. The van der Waals surface area contributed by atoms with E-state index in [9.17, 15) is 4.39 Å². The number of nitrogens with two attached hydrogens (primary N) is 1. The van der Waals surface area contributed by atoms with Crippen LogP contribution in [0.15, 0.2) is 18.2 Å². The van der Waals surface area contributed by atoms with E-state index in [0.717, 1.165) is 11.3 Å². The van der Waals surface area contributed by atoms with E-state index in [1.54, 1.807) is 23.6 Å². The number of aromatic nitrogens is 1. The number of anilines is 1. The van der Waals surface area contributed by atoms with Crippen molar-refractivity contribution in [3.63, 3.8) is 0 Å². The van der Waals surface area contributed by atoms with Gasteiger partial charge in [0.1, 0.15) is 17.7 Å². The van der Waals surface area contributed by atoms with Gasteiger partial charge in [0.2, 0.25) is 0 Å². The summed E-state index contributed by atoms with van der Waals surface area (Å²) in [6.45, 7) is 5.41. The van der Waals surface area contributed by atoms with Crippen molar-refractivity contribution in [2.75, 3.05) is 5.73 Å². The number of hydrogen-bond acceptors (Lipinski definition) is 2. The topological polar surface area (TPSA) is 54.7 Å². The molecule has 18 heavy (non-hydrogen) atoms. The third-order valence-corrected chi connectivity index (χ3v) is 3.34. The largest absolute Gasteiger partial charge is 0.384 e. The molecule has 0 atom stereocenters. The zero-order valence-corrected chi connectivity index (χ0v) is 10.6. The highest BCUT2D eigenvalue weighted by Gasteiger charge is 2.18. The van der Waals surface area contributed by atoms with Crippen molar-refractivity contribution < 1.29 is 4.39 Å². The number of hydrogen-bond donors (Lipinski definition) is 1. The molecule has 0 spiro atoms. The van der Waals surface area contributed by atoms with Gasteiger partial charge >= 0.3 is 0 Å². The molecule has 0 saturated heterocycles. The van der Waals surface area contributed by atoms with E-state index in [1.165, 1.54) is 6.07 Å². The molecule has 0 fully saturated rings. The molecule has 2 N–H and O–H groups in total. The minimum Gasteiger partial charge on any atom is -0.384 e. The lowest BCUT2D eigenvalue weighted by Gasteiger charge is -2.12. The van der Waals surface area contributed by atoms with Gasteiger partial charge < -0.3 is 5.73 Å². The molecule has 0 aliphatic heterocycles. The maximum Gasteiger partial charge on any atom is 0.128 e. The molecule has 0 bridgehead atoms. The molecule has 1 aromatic carbocycles. The molecule has 92 valence electrons. The SMILES string of the molecule is Cc1c(F)cccc1-n1c(C)c(C)c(C#N)c1N. The van der Waals surface area contributed by atoms with Gasteiger partial charge in [-0.3, -0.25) is 4.57 Å². The molecular formula is C14H14FN3. The van der Waals surface area contributed by atoms with E-state index < -0.39 is 0 Å². The monoisotopic (exact) mass is 243 g/mol. The van der Waals surface area contributed by atoms with Crippen LogP contribution in [0, 0.1) is 37.9 Å². The number of nitrogen functional groups attached to an aromatic ring is 1. The summed E-state index contributed by atoms with van der Waals surface area (Å²) >= 11 is 0. The van der Waals surface area contributed by atoms with Gasteiger partial charge in [-0.1, -0.05) is 6.07 Å². The predicted octanol–water partition coefficient (Wildman–Crippen LogP) is 3.00. The average Bonchev–Trinajstić information content (AvgIpc) is 2.55. The first kappa shape index (κ1) is 12.2. The van der Waals surface area contributed by atoms with Crippen LogP contribution in [0.2, 0.25) is 0 Å². The third-order valence-electron chi connectivity index (χ3n) is 3.34. The van der Waals surface area contributed by atoms with E-state index in [2.05, 4.69) is 6.07 Å². The van der Waals surface area contributed by atoms with Gasteiger partial charge in [0.25, 0.3) is 0 Å². The highest BCUT2D eigenvalue weighted by atomic mass is 19.1. The molecule has 0 aliphatic rings. The Labute approximate surface area is 105 Å². The van der Waals surface area contributed by atoms with Crippen LogP contribution in [0.1, 0.15) is 22.4 Å². The van der Waals surface area contributed by atoms with Crippen molar-refractivity contribution in [2.45, 2.75) is 20.8 Å². The Morgan fingerprint density at radius 3 is 2.44 bits per heavy atom. The third kappa shape index (κ3) is 1.56. The normalized spacial score (nSPS) is 10.4. The minimum absolute atomic E-state index is 0.281. The molecule has 0 amide bonds. The Bertz CT molecular complexity index is 663. The molecule has 4 heteroatoms. The van der Waals surface area contributed by atoms with E-state index in [4.69, 9.17) is 11.0 Å². The molecule has 3 nitrogen and oxygen atoms in total. The van der Waals surface area contributed by atoms with Gasteiger partial charge in [0.15, 0.2) is 0 Å². The molecular weight excluding hydrogens is 229 g/mol. The van der Waals surface area contributed by atoms with Crippen LogP contribution in [0.4, 0.5) is 10.2 Å². The van der Waals surface area contributed by atoms with E-state index in [-0.39, 0.29) is 5.82 Å². The fourth-order valence-corrected chi connectivity index (χ4v) is 2.12. The maximum atomic E-state index is 13.6. The fourth-order valence-electron chi connectivity index (χ4n) is 2.12. The van der Waals surface area contributed by atoms with E-state index in [0.29, 0.717) is 22.6 Å². The Morgan fingerprint density at radius 1 is 1.22 bits per heavy atom. The highest BCUT2D eigenvalue weighted by molar-refractivity contribution is 5.63. The molecule has 0 saturated carbocycles. The van der Waals surface area contributed by atoms with Crippen LogP contribution in [0.5, 0.6) is 0 Å². The molecule has 2 rings (SSSR count). The first-order valence-electron chi connectivity index (χ1n) is 5.62. The minimum atomic E-state index is -0.281. The summed E-state index contributed by atoms with van der Waals surface area (Å²) < 4.78 is 15.3. The lowest BCUT2D eigenvalue weighted by Crippen LogP contribution is -2.05. The summed E-state index contributed by atoms with van der Waals surface area (Å²) in [7, 11) is 0. The smallest absolute Gasteiger partial charge is 0.128 e. The van der Waals surface area contributed by atoms with Crippen LogP contribution < -0.4 is 5.73 Å². The standard InChI is InChI=1S/C14H14FN3/c1-8-10(3)18(14(17)11(8)7-16)13-6-4-5-12(15)9(13)2/h4-6H,17H2,1-3H3. The second kappa shape index (κ2) is 4.19. The Balaban J connectivity index is 2.81. The second-order valence-corrected chi connectivity index (χ2v) is 4.30. The van der Waals surface area contributed by atoms with E-state index >= 15 is 0 Å². The second-order valence-electron chi connectivity index (χ2n) is 4.30. The summed E-state index contributed by atoms with van der Waals surface area (Å²) in [4.78, 5) is 0. The summed E-state index contributed by atoms with van der Waals surface area (Å²) in [6.07, 6.45) is 0. The average molecular weight is 243 g/mol. The van der Waals surface area contributed by atoms with Crippen molar-refractivity contribution in [2.24, 2.45) is 0 Å². The number of benzene rings is 1. The van der Waals surface area contributed by atoms with Crippen LogP contribution in [-0.4, -0.2) is 4.57 Å². The highest BCUT2D eigenvalue weighted by Crippen LogP contribution is 2.29. The lowest BCUT2D eigenvalue weighted by atomic mass is 10.2. The van der Waals surface area contributed by atoms with Crippen molar-refractivity contribution in [1.82, 2.24) is 4.57 Å². The van der Waals surface area contributed by atoms with Gasteiger partial charge in [-0.2, -0.15) is 5.26 Å². The zero-order chi connectivity index (χ0) is 13.4. The molecule has 0 unspecified atom stereocenters. The van der Waals surface area contributed by atoms with Gasteiger partial charge in [0.05, 0.1) is 11.3 Å². The van der Waals surface area contributed by atoms with Gasteiger partial charge in [-0.25, -0.2) is 4.39 Å². The van der Waals surface area contributed by atoms with E-state index in [1.807, 2.05) is 13.8 Å². The molecule has 1 aromatic heterocycles. The zero-order valence-electron chi connectivity index (χ0n) is 10.6. The lowest BCUT2D eigenvalue weighted by molar-refractivity contribution is 0.617. The van der Waals surface area contributed by atoms with Crippen molar-refractivity contribution in [3.8, 4) is 11.8 Å². The summed E-state index contributed by atoms with van der Waals surface area (Å²) in [5, 5.41) is 9.09. The van der Waals surface area contributed by atoms with Crippen molar-refractivity contribution in [1.29, 1.82) is 5.26 Å². The number of nitriles is 1. The fraction of sp³-hybridized carbons (Fsp3) is 0.214. The number of halogens is 1. The first-order valence-corrected chi connectivity index (χ1v) is 5.62. The summed E-state index contributed by atoms with van der Waals surface area (Å²) in [6, 6.07) is 6.93. The quantitative estimate of drug-likeness (QED) is 0.837. The van der Waals surface area contributed by atoms with Crippen LogP contribution in [0.25, 0.3) is 5.69 Å². The van der Waals surface area contributed by atoms with Crippen molar-refractivity contribution in [3.05, 3.63) is 46.4 Å². The Hall–Kier alpha value is -2.28. The van der Waals surface area contributed by atoms with Crippen LogP contribution >= 0.6 is 0 Å². The Kier molecular flexibility index (Phi) is 2.84. The van der Waals surface area contributed by atoms with Gasteiger partial charge in [0, 0.05) is 11.3 Å².